The van der Waals surface area contributed by atoms with Gasteiger partial charge in [-0.05, 0) is 190 Å². The SMILES string of the molecule is c1ccc(-c2ccc(-c3ccc(N(c4ccccc4)c4ccc(-c5ccc(N(c6ccc(-c7ccc(N(c8ccccc8)c8ccc(-c9ccc(-c%10ccccc%10)s9)cc8)cc7)cc6)c6ccc(-c7cccc8c7oc7ccccc78)cc6)cc5)cc4)cc3)s2)cc1. The molecule has 3 heterocycles. The molecule has 0 aliphatic rings. The van der Waals surface area contributed by atoms with E-state index in [2.05, 4.69) is 360 Å². The number of furan rings is 1. The van der Waals surface area contributed by atoms with Gasteiger partial charge in [0, 0.05) is 87.0 Å². The lowest BCUT2D eigenvalue weighted by molar-refractivity contribution is 0.670. The Labute approximate surface area is 544 Å². The molecular formula is C86H59N3OS2. The molecule has 0 atom stereocenters. The molecule has 436 valence electrons. The van der Waals surface area contributed by atoms with Crippen molar-refractivity contribution in [1.29, 1.82) is 0 Å². The Balaban J connectivity index is 0.687. The first-order valence-electron chi connectivity index (χ1n) is 31.0. The number of para-hydroxylation sites is 4. The summed E-state index contributed by atoms with van der Waals surface area (Å²) in [6.45, 7) is 0. The average molecular weight is 1210 g/mol. The molecule has 16 rings (SSSR count). The third kappa shape index (κ3) is 11.2. The number of hydrogen-bond acceptors (Lipinski definition) is 6. The Morgan fingerprint density at radius 3 is 0.793 bits per heavy atom. The molecule has 6 heteroatoms. The number of rotatable bonds is 16. The van der Waals surface area contributed by atoms with E-state index in [9.17, 15) is 0 Å². The van der Waals surface area contributed by atoms with E-state index in [0.717, 1.165) is 107 Å². The molecule has 16 aromatic rings. The van der Waals surface area contributed by atoms with E-state index in [-0.39, 0.29) is 0 Å². The van der Waals surface area contributed by atoms with Crippen LogP contribution in [0.3, 0.4) is 0 Å². The van der Waals surface area contributed by atoms with Crippen LogP contribution in [0.1, 0.15) is 0 Å². The van der Waals surface area contributed by atoms with Crippen LogP contribution in [-0.4, -0.2) is 0 Å². The van der Waals surface area contributed by atoms with Gasteiger partial charge < -0.3 is 19.1 Å². The second-order valence-corrected chi connectivity index (χ2v) is 25.0. The molecule has 0 spiro atoms. The summed E-state index contributed by atoms with van der Waals surface area (Å²) in [4.78, 5) is 12.0. The summed E-state index contributed by atoms with van der Waals surface area (Å²) in [6.07, 6.45) is 0. The first kappa shape index (κ1) is 55.7. The highest BCUT2D eigenvalue weighted by atomic mass is 32.1. The summed E-state index contributed by atoms with van der Waals surface area (Å²) >= 11 is 3.65. The molecule has 0 fully saturated rings. The van der Waals surface area contributed by atoms with Crippen LogP contribution >= 0.6 is 22.7 Å². The van der Waals surface area contributed by atoms with Crippen LogP contribution in [0.25, 0.3) is 97.1 Å². The lowest BCUT2D eigenvalue weighted by Crippen LogP contribution is -2.10. The third-order valence-corrected chi connectivity index (χ3v) is 19.6. The molecule has 4 nitrogen and oxygen atoms in total. The average Bonchev–Trinajstić information content (AvgIpc) is 1.68. The Kier molecular flexibility index (Phi) is 15.0. The highest BCUT2D eigenvalue weighted by Crippen LogP contribution is 2.44. The van der Waals surface area contributed by atoms with E-state index in [1.807, 2.05) is 34.8 Å². The Bertz CT molecular complexity index is 4890. The molecule has 0 bridgehead atoms. The number of anilines is 9. The largest absolute Gasteiger partial charge is 0.455 e. The van der Waals surface area contributed by atoms with Crippen LogP contribution in [0.5, 0.6) is 0 Å². The van der Waals surface area contributed by atoms with Gasteiger partial charge in [0.2, 0.25) is 0 Å². The highest BCUT2D eigenvalue weighted by Gasteiger charge is 2.20. The molecule has 0 amide bonds. The highest BCUT2D eigenvalue weighted by molar-refractivity contribution is 7.19. The van der Waals surface area contributed by atoms with Gasteiger partial charge in [-0.1, -0.05) is 218 Å². The molecule has 0 aliphatic carbocycles. The standard InChI is InChI=1S/C86H59N3OS2/c1-5-16-65(17-6-1)82-56-58-84(91-82)67-38-52-76(53-39-67)87(69-20-9-3-10-21-69)71-42-28-60(29-43-71)62-32-46-73(47-33-62)89(75-50-36-64(37-51-75)78-25-15-26-80-79-24-13-14-27-81(79)90-86(78)80)74-48-34-63(35-49-74)61-30-44-72(45-31-61)88(70-22-11-4-12-23-70)77-54-40-68(41-55-77)85-59-57-83(92-85)66-18-7-2-8-19-66/h1-59H. The summed E-state index contributed by atoms with van der Waals surface area (Å²) in [5, 5.41) is 2.24. The summed E-state index contributed by atoms with van der Waals surface area (Å²) < 4.78 is 6.51. The van der Waals surface area contributed by atoms with E-state index < -0.39 is 0 Å². The normalized spacial score (nSPS) is 11.3. The lowest BCUT2D eigenvalue weighted by atomic mass is 10.0. The first-order chi connectivity index (χ1) is 45.6. The number of fused-ring (bicyclic) bond motifs is 3. The van der Waals surface area contributed by atoms with Gasteiger partial charge in [0.05, 0.1) is 0 Å². The van der Waals surface area contributed by atoms with Crippen molar-refractivity contribution < 1.29 is 4.42 Å². The molecular weight excluding hydrogens is 1160 g/mol. The molecule has 0 saturated carbocycles. The maximum Gasteiger partial charge on any atom is 0.143 e. The van der Waals surface area contributed by atoms with E-state index in [4.69, 9.17) is 4.42 Å². The number of nitrogens with zero attached hydrogens (tertiary/aromatic N) is 3. The zero-order valence-corrected chi connectivity index (χ0v) is 51.8. The monoisotopic (exact) mass is 1210 g/mol. The van der Waals surface area contributed by atoms with Gasteiger partial charge in [-0.25, -0.2) is 0 Å². The summed E-state index contributed by atoms with van der Waals surface area (Å²) in [5.41, 5.74) is 23.1. The molecule has 0 radical (unpaired) electrons. The van der Waals surface area contributed by atoms with Crippen molar-refractivity contribution in [2.75, 3.05) is 14.7 Å². The second kappa shape index (κ2) is 24.8. The van der Waals surface area contributed by atoms with Crippen molar-refractivity contribution in [2.24, 2.45) is 0 Å². The van der Waals surface area contributed by atoms with E-state index in [1.165, 1.54) is 41.8 Å². The number of benzene rings is 13. The minimum absolute atomic E-state index is 0.892. The van der Waals surface area contributed by atoms with Crippen molar-refractivity contribution >= 4 is 95.8 Å². The molecule has 0 N–H and O–H groups in total. The topological polar surface area (TPSA) is 22.9 Å². The van der Waals surface area contributed by atoms with E-state index >= 15 is 0 Å². The van der Waals surface area contributed by atoms with Gasteiger partial charge in [0.15, 0.2) is 0 Å². The molecule has 0 unspecified atom stereocenters. The Morgan fingerprint density at radius 1 is 0.185 bits per heavy atom. The number of hydrogen-bond donors (Lipinski definition) is 0. The van der Waals surface area contributed by atoms with Crippen molar-refractivity contribution in [1.82, 2.24) is 0 Å². The summed E-state index contributed by atoms with van der Waals surface area (Å²) in [5.74, 6) is 0. The van der Waals surface area contributed by atoms with E-state index in [1.54, 1.807) is 0 Å². The quantitative estimate of drug-likeness (QED) is 0.0962. The Hall–Kier alpha value is -11.5. The predicted molar refractivity (Wildman–Crippen MR) is 392 cm³/mol. The smallest absolute Gasteiger partial charge is 0.143 e. The van der Waals surface area contributed by atoms with Gasteiger partial charge in [-0.15, -0.1) is 22.7 Å². The van der Waals surface area contributed by atoms with Crippen LogP contribution in [0, 0.1) is 0 Å². The van der Waals surface area contributed by atoms with Crippen LogP contribution in [-0.2, 0) is 0 Å². The maximum atomic E-state index is 6.51. The van der Waals surface area contributed by atoms with Crippen LogP contribution in [0.2, 0.25) is 0 Å². The fourth-order valence-corrected chi connectivity index (χ4v) is 14.6. The second-order valence-electron chi connectivity index (χ2n) is 22.8. The number of thiophene rings is 2. The fourth-order valence-electron chi connectivity index (χ4n) is 12.5. The van der Waals surface area contributed by atoms with Crippen LogP contribution in [0.15, 0.2) is 362 Å². The molecule has 0 saturated heterocycles. The molecule has 3 aromatic heterocycles. The van der Waals surface area contributed by atoms with Crippen LogP contribution < -0.4 is 14.7 Å². The van der Waals surface area contributed by atoms with Gasteiger partial charge in [0.1, 0.15) is 11.2 Å². The van der Waals surface area contributed by atoms with Crippen molar-refractivity contribution in [2.45, 2.75) is 0 Å². The molecule has 0 aliphatic heterocycles. The van der Waals surface area contributed by atoms with Gasteiger partial charge in [-0.3, -0.25) is 0 Å². The van der Waals surface area contributed by atoms with Crippen molar-refractivity contribution in [3.63, 3.8) is 0 Å². The third-order valence-electron chi connectivity index (χ3n) is 17.2. The molecule has 92 heavy (non-hydrogen) atoms. The predicted octanol–water partition coefficient (Wildman–Crippen LogP) is 25.8. The van der Waals surface area contributed by atoms with Gasteiger partial charge >= 0.3 is 0 Å². The summed E-state index contributed by atoms with van der Waals surface area (Å²) in [7, 11) is 0. The summed E-state index contributed by atoms with van der Waals surface area (Å²) in [6, 6.07) is 129. The van der Waals surface area contributed by atoms with Gasteiger partial charge in [-0.2, -0.15) is 0 Å². The zero-order valence-electron chi connectivity index (χ0n) is 50.1. The lowest BCUT2D eigenvalue weighted by Gasteiger charge is -2.27. The zero-order chi connectivity index (χ0) is 61.2. The van der Waals surface area contributed by atoms with Crippen LogP contribution in [0.4, 0.5) is 51.2 Å². The molecule has 13 aromatic carbocycles. The van der Waals surface area contributed by atoms with E-state index in [0.29, 0.717) is 0 Å². The fraction of sp³-hybridized carbons (Fsp3) is 0. The van der Waals surface area contributed by atoms with Crippen molar-refractivity contribution in [3.05, 3.63) is 358 Å². The minimum Gasteiger partial charge on any atom is -0.455 e. The maximum absolute atomic E-state index is 6.51. The Morgan fingerprint density at radius 2 is 0.446 bits per heavy atom. The van der Waals surface area contributed by atoms with Gasteiger partial charge in [0.25, 0.3) is 0 Å². The minimum atomic E-state index is 0.892. The van der Waals surface area contributed by atoms with Crippen molar-refractivity contribution in [3.8, 4) is 75.1 Å². The first-order valence-corrected chi connectivity index (χ1v) is 32.7.